The highest BCUT2D eigenvalue weighted by Crippen LogP contribution is 2.18. The topological polar surface area (TPSA) is 75.9 Å². The first kappa shape index (κ1) is 17.0. The number of nitrogens with two attached hydrogens (primary N) is 1. The fourth-order valence-electron chi connectivity index (χ4n) is 1.80. The maximum Gasteiger partial charge on any atom is 0.256 e. The van der Waals surface area contributed by atoms with Crippen LogP contribution < -0.4 is 5.73 Å². The highest BCUT2D eigenvalue weighted by atomic mass is 16.5. The van der Waals surface area contributed by atoms with Crippen molar-refractivity contribution in [2.45, 2.75) is 6.92 Å². The number of rotatable bonds is 6. The summed E-state index contributed by atoms with van der Waals surface area (Å²) in [6.07, 6.45) is 0. The predicted molar refractivity (Wildman–Crippen MR) is 82.1 cm³/mol. The van der Waals surface area contributed by atoms with Gasteiger partial charge in [-0.05, 0) is 18.6 Å². The van der Waals surface area contributed by atoms with Crippen molar-refractivity contribution in [3.8, 4) is 0 Å². The SMILES string of the molecule is COCCN(CC(=O)N(C)C)C(=O)c1cccc(C)c1N. The summed E-state index contributed by atoms with van der Waals surface area (Å²) in [7, 11) is 4.86. The van der Waals surface area contributed by atoms with Gasteiger partial charge in [-0.15, -0.1) is 0 Å². The number of nitrogen functional groups attached to an aromatic ring is 1. The van der Waals surface area contributed by atoms with E-state index in [1.807, 2.05) is 13.0 Å². The summed E-state index contributed by atoms with van der Waals surface area (Å²) >= 11 is 0. The van der Waals surface area contributed by atoms with E-state index >= 15 is 0 Å². The maximum atomic E-state index is 12.6. The van der Waals surface area contributed by atoms with Crippen LogP contribution in [0.1, 0.15) is 15.9 Å². The van der Waals surface area contributed by atoms with Crippen LogP contribution in [0.25, 0.3) is 0 Å². The van der Waals surface area contributed by atoms with Crippen LogP contribution in [0, 0.1) is 6.92 Å². The van der Waals surface area contributed by atoms with Crippen molar-refractivity contribution in [2.24, 2.45) is 0 Å². The maximum absolute atomic E-state index is 12.6. The van der Waals surface area contributed by atoms with Gasteiger partial charge < -0.3 is 20.3 Å². The second-order valence-corrected chi connectivity index (χ2v) is 5.04. The summed E-state index contributed by atoms with van der Waals surface area (Å²) in [5.74, 6) is -0.408. The van der Waals surface area contributed by atoms with E-state index in [2.05, 4.69) is 0 Å². The van der Waals surface area contributed by atoms with Crippen molar-refractivity contribution >= 4 is 17.5 Å². The first-order valence-corrected chi connectivity index (χ1v) is 6.72. The molecule has 0 aliphatic heterocycles. The molecule has 0 unspecified atom stereocenters. The lowest BCUT2D eigenvalue weighted by molar-refractivity contribution is -0.129. The minimum Gasteiger partial charge on any atom is -0.398 e. The number of amides is 2. The molecule has 2 amide bonds. The Morgan fingerprint density at radius 2 is 1.95 bits per heavy atom. The van der Waals surface area contributed by atoms with Crippen molar-refractivity contribution in [1.82, 2.24) is 9.80 Å². The third-order valence-corrected chi connectivity index (χ3v) is 3.23. The standard InChI is InChI=1S/C15H23N3O3/c1-11-6-5-7-12(14(11)16)15(20)18(8-9-21-4)10-13(19)17(2)3/h5-7H,8-10,16H2,1-4H3. The summed E-state index contributed by atoms with van der Waals surface area (Å²) < 4.78 is 5.00. The normalized spacial score (nSPS) is 10.3. The molecule has 0 radical (unpaired) electrons. The van der Waals surface area contributed by atoms with Gasteiger partial charge in [0.15, 0.2) is 0 Å². The summed E-state index contributed by atoms with van der Waals surface area (Å²) in [4.78, 5) is 27.4. The third kappa shape index (κ3) is 4.46. The van der Waals surface area contributed by atoms with Crippen molar-refractivity contribution in [1.29, 1.82) is 0 Å². The number of methoxy groups -OCH3 is 1. The molecule has 21 heavy (non-hydrogen) atoms. The van der Waals surface area contributed by atoms with Gasteiger partial charge in [0.2, 0.25) is 5.91 Å². The van der Waals surface area contributed by atoms with Gasteiger partial charge in [-0.1, -0.05) is 12.1 Å². The fourth-order valence-corrected chi connectivity index (χ4v) is 1.80. The molecular weight excluding hydrogens is 270 g/mol. The molecule has 116 valence electrons. The molecule has 0 aliphatic rings. The van der Waals surface area contributed by atoms with Crippen LogP contribution in [0.5, 0.6) is 0 Å². The zero-order valence-electron chi connectivity index (χ0n) is 13.0. The molecule has 0 aliphatic carbocycles. The monoisotopic (exact) mass is 293 g/mol. The van der Waals surface area contributed by atoms with Crippen LogP contribution in [0.2, 0.25) is 0 Å². The van der Waals surface area contributed by atoms with Crippen LogP contribution in [0.15, 0.2) is 18.2 Å². The minimum absolute atomic E-state index is 0.00255. The van der Waals surface area contributed by atoms with Crippen LogP contribution in [0.4, 0.5) is 5.69 Å². The second kappa shape index (κ2) is 7.64. The molecule has 0 heterocycles. The van der Waals surface area contributed by atoms with E-state index in [0.29, 0.717) is 24.4 Å². The molecule has 0 fully saturated rings. The lowest BCUT2D eigenvalue weighted by Gasteiger charge is -2.24. The Kier molecular flexibility index (Phi) is 6.17. The Hall–Kier alpha value is -2.08. The third-order valence-electron chi connectivity index (χ3n) is 3.23. The molecule has 0 bridgehead atoms. The zero-order valence-corrected chi connectivity index (χ0v) is 13.0. The van der Waals surface area contributed by atoms with Crippen molar-refractivity contribution in [3.63, 3.8) is 0 Å². The summed E-state index contributed by atoms with van der Waals surface area (Å²) in [6, 6.07) is 5.29. The summed E-state index contributed by atoms with van der Waals surface area (Å²) in [5, 5.41) is 0. The van der Waals surface area contributed by atoms with Crippen LogP contribution in [-0.2, 0) is 9.53 Å². The average molecular weight is 293 g/mol. The number of carbonyl (C=O) groups is 2. The van der Waals surface area contributed by atoms with Gasteiger partial charge in [-0.25, -0.2) is 0 Å². The Labute approximate surface area is 125 Å². The van der Waals surface area contributed by atoms with Crippen LogP contribution in [0.3, 0.4) is 0 Å². The molecule has 1 aromatic rings. The van der Waals surface area contributed by atoms with Gasteiger partial charge in [-0.2, -0.15) is 0 Å². The highest BCUT2D eigenvalue weighted by Gasteiger charge is 2.21. The van der Waals surface area contributed by atoms with Gasteiger partial charge in [0.1, 0.15) is 6.54 Å². The molecular formula is C15H23N3O3. The van der Waals surface area contributed by atoms with E-state index in [1.54, 1.807) is 33.3 Å². The van der Waals surface area contributed by atoms with Crippen molar-refractivity contribution in [2.75, 3.05) is 46.6 Å². The Bertz CT molecular complexity index is 515. The quantitative estimate of drug-likeness (QED) is 0.785. The number of para-hydroxylation sites is 1. The number of hydrogen-bond donors (Lipinski definition) is 1. The first-order valence-electron chi connectivity index (χ1n) is 6.72. The second-order valence-electron chi connectivity index (χ2n) is 5.04. The number of aryl methyl sites for hydroxylation is 1. The van der Waals surface area contributed by atoms with Crippen LogP contribution in [-0.4, -0.2) is 62.5 Å². The van der Waals surface area contributed by atoms with Gasteiger partial charge >= 0.3 is 0 Å². The minimum atomic E-state index is -0.261. The molecule has 0 saturated carbocycles. The smallest absolute Gasteiger partial charge is 0.256 e. The molecule has 1 rings (SSSR count). The zero-order chi connectivity index (χ0) is 16.0. The van der Waals surface area contributed by atoms with Gasteiger partial charge in [0, 0.05) is 33.4 Å². The van der Waals surface area contributed by atoms with E-state index < -0.39 is 0 Å². The Morgan fingerprint density at radius 1 is 1.29 bits per heavy atom. The molecule has 0 saturated heterocycles. The van der Waals surface area contributed by atoms with Gasteiger partial charge in [-0.3, -0.25) is 9.59 Å². The predicted octanol–water partition coefficient (Wildman–Crippen LogP) is 0.754. The van der Waals surface area contributed by atoms with Gasteiger partial charge in [0.05, 0.1) is 12.2 Å². The molecule has 1 aromatic carbocycles. The number of hydrogen-bond acceptors (Lipinski definition) is 4. The lowest BCUT2D eigenvalue weighted by Crippen LogP contribution is -2.42. The molecule has 2 N–H and O–H groups in total. The Morgan fingerprint density at radius 3 is 2.52 bits per heavy atom. The number of nitrogens with zero attached hydrogens (tertiary/aromatic N) is 2. The van der Waals surface area contributed by atoms with E-state index in [1.165, 1.54) is 9.80 Å². The van der Waals surface area contributed by atoms with E-state index in [9.17, 15) is 9.59 Å². The average Bonchev–Trinajstić information content (AvgIpc) is 2.45. The van der Waals surface area contributed by atoms with Crippen LogP contribution >= 0.6 is 0 Å². The van der Waals surface area contributed by atoms with E-state index in [4.69, 9.17) is 10.5 Å². The molecule has 6 heteroatoms. The summed E-state index contributed by atoms with van der Waals surface area (Å²) in [6.45, 7) is 2.54. The van der Waals surface area contributed by atoms with E-state index in [-0.39, 0.29) is 18.4 Å². The number of benzene rings is 1. The number of likely N-dealkylation sites (N-methyl/N-ethyl adjacent to an activating group) is 1. The molecule has 6 nitrogen and oxygen atoms in total. The van der Waals surface area contributed by atoms with Crippen molar-refractivity contribution in [3.05, 3.63) is 29.3 Å². The largest absolute Gasteiger partial charge is 0.398 e. The highest BCUT2D eigenvalue weighted by molar-refractivity contribution is 6.01. The van der Waals surface area contributed by atoms with E-state index in [0.717, 1.165) is 5.56 Å². The fraction of sp³-hybridized carbons (Fsp3) is 0.467. The molecule has 0 atom stereocenters. The molecule has 0 aromatic heterocycles. The molecule has 0 spiro atoms. The van der Waals surface area contributed by atoms with Crippen molar-refractivity contribution < 1.29 is 14.3 Å². The number of ether oxygens (including phenoxy) is 1. The number of carbonyl (C=O) groups excluding carboxylic acids is 2. The lowest BCUT2D eigenvalue weighted by atomic mass is 10.1. The first-order chi connectivity index (χ1) is 9.88. The summed E-state index contributed by atoms with van der Waals surface area (Å²) in [5.41, 5.74) is 7.67. The number of anilines is 1. The van der Waals surface area contributed by atoms with Gasteiger partial charge in [0.25, 0.3) is 5.91 Å². The Balaban J connectivity index is 2.98.